The number of rotatable bonds is 1. The third-order valence-corrected chi connectivity index (χ3v) is 3.56. The van der Waals surface area contributed by atoms with Gasteiger partial charge >= 0.3 is 0 Å². The molecule has 11 heavy (non-hydrogen) atoms. The molecule has 0 radical (unpaired) electrons. The number of nitrogens with zero attached hydrogens (tertiary/aromatic N) is 1. The van der Waals surface area contributed by atoms with Gasteiger partial charge < -0.3 is 4.90 Å². The molecule has 1 saturated carbocycles. The third kappa shape index (κ3) is 1.10. The standard InChI is InChI=1S/C10H19N/c1-7(2)10-8-4-9(10)6-11(3)5-8/h7-10H,4-6H2,1-3H3/t8-,9+,10?. The highest BCUT2D eigenvalue weighted by Crippen LogP contribution is 2.48. The van der Waals surface area contributed by atoms with Crippen molar-refractivity contribution in [1.29, 1.82) is 0 Å². The van der Waals surface area contributed by atoms with Crippen molar-refractivity contribution in [3.05, 3.63) is 0 Å². The van der Waals surface area contributed by atoms with Crippen LogP contribution in [-0.2, 0) is 0 Å². The molecular formula is C10H19N. The summed E-state index contributed by atoms with van der Waals surface area (Å²) in [6.07, 6.45) is 1.52. The van der Waals surface area contributed by atoms with Crippen molar-refractivity contribution in [2.24, 2.45) is 23.7 Å². The van der Waals surface area contributed by atoms with Crippen LogP contribution >= 0.6 is 0 Å². The largest absolute Gasteiger partial charge is 0.306 e. The van der Waals surface area contributed by atoms with Crippen molar-refractivity contribution in [3.8, 4) is 0 Å². The van der Waals surface area contributed by atoms with Gasteiger partial charge in [0.15, 0.2) is 0 Å². The minimum Gasteiger partial charge on any atom is -0.306 e. The summed E-state index contributed by atoms with van der Waals surface area (Å²) in [5, 5.41) is 0. The summed E-state index contributed by atoms with van der Waals surface area (Å²) >= 11 is 0. The van der Waals surface area contributed by atoms with Crippen LogP contribution in [0.3, 0.4) is 0 Å². The lowest BCUT2D eigenvalue weighted by Crippen LogP contribution is -2.55. The SMILES string of the molecule is CC(C)C1[C@@H]2C[C@H]1CN(C)C2. The Morgan fingerprint density at radius 2 is 1.73 bits per heavy atom. The fourth-order valence-corrected chi connectivity index (χ4v) is 3.25. The average molecular weight is 153 g/mol. The summed E-state index contributed by atoms with van der Waals surface area (Å²) in [7, 11) is 2.26. The van der Waals surface area contributed by atoms with E-state index in [1.165, 1.54) is 19.5 Å². The molecule has 0 aromatic carbocycles. The monoisotopic (exact) mass is 153 g/mol. The molecular weight excluding hydrogens is 134 g/mol. The van der Waals surface area contributed by atoms with Crippen LogP contribution in [-0.4, -0.2) is 25.0 Å². The first-order valence-electron chi connectivity index (χ1n) is 4.87. The maximum Gasteiger partial charge on any atom is 0.000970 e. The molecule has 1 heteroatoms. The fourth-order valence-electron chi connectivity index (χ4n) is 3.25. The summed E-state index contributed by atoms with van der Waals surface area (Å²) in [6.45, 7) is 7.49. The van der Waals surface area contributed by atoms with Gasteiger partial charge in [-0.2, -0.15) is 0 Å². The second kappa shape index (κ2) is 2.48. The van der Waals surface area contributed by atoms with Crippen LogP contribution in [0.1, 0.15) is 20.3 Å². The lowest BCUT2D eigenvalue weighted by molar-refractivity contribution is -0.0565. The first-order valence-corrected chi connectivity index (χ1v) is 4.87. The Morgan fingerprint density at radius 3 is 2.18 bits per heavy atom. The quantitative estimate of drug-likeness (QED) is 0.555. The molecule has 1 nitrogen and oxygen atoms in total. The smallest absolute Gasteiger partial charge is 0.000970 e. The van der Waals surface area contributed by atoms with Gasteiger partial charge in [0.05, 0.1) is 0 Å². The normalized spacial score (nSPS) is 44.2. The van der Waals surface area contributed by atoms with E-state index in [2.05, 4.69) is 25.8 Å². The van der Waals surface area contributed by atoms with Crippen molar-refractivity contribution in [1.82, 2.24) is 4.90 Å². The maximum atomic E-state index is 2.50. The van der Waals surface area contributed by atoms with E-state index in [4.69, 9.17) is 0 Å². The van der Waals surface area contributed by atoms with Crippen molar-refractivity contribution < 1.29 is 0 Å². The van der Waals surface area contributed by atoms with Gasteiger partial charge in [-0.15, -0.1) is 0 Å². The Morgan fingerprint density at radius 1 is 1.18 bits per heavy atom. The molecule has 0 N–H and O–H groups in total. The fraction of sp³-hybridized carbons (Fsp3) is 1.00. The zero-order valence-electron chi connectivity index (χ0n) is 7.88. The number of hydrogen-bond donors (Lipinski definition) is 0. The molecule has 64 valence electrons. The van der Waals surface area contributed by atoms with Gasteiger partial charge in [0.1, 0.15) is 0 Å². The van der Waals surface area contributed by atoms with Crippen molar-refractivity contribution in [2.45, 2.75) is 20.3 Å². The molecule has 2 heterocycles. The average Bonchev–Trinajstić information content (AvgIpc) is 1.84. The summed E-state index contributed by atoms with van der Waals surface area (Å²) in [5.74, 6) is 4.07. The summed E-state index contributed by atoms with van der Waals surface area (Å²) < 4.78 is 0. The Labute approximate surface area is 69.8 Å². The van der Waals surface area contributed by atoms with Crippen LogP contribution in [0.5, 0.6) is 0 Å². The molecule has 3 rings (SSSR count). The van der Waals surface area contributed by atoms with Gasteiger partial charge in [0.25, 0.3) is 0 Å². The molecule has 0 spiro atoms. The summed E-state index contributed by atoms with van der Waals surface area (Å²) in [5.41, 5.74) is 0. The molecule has 0 amide bonds. The Balaban J connectivity index is 1.98. The van der Waals surface area contributed by atoms with Crippen LogP contribution in [0.2, 0.25) is 0 Å². The molecule has 3 atom stereocenters. The molecule has 2 bridgehead atoms. The van der Waals surface area contributed by atoms with Crippen LogP contribution < -0.4 is 0 Å². The second-order valence-electron chi connectivity index (χ2n) is 4.80. The van der Waals surface area contributed by atoms with E-state index in [9.17, 15) is 0 Å². The number of fused-ring (bicyclic) bond motifs is 2. The lowest BCUT2D eigenvalue weighted by atomic mass is 9.58. The van der Waals surface area contributed by atoms with E-state index in [0.717, 1.165) is 23.7 Å². The maximum absolute atomic E-state index is 2.50. The summed E-state index contributed by atoms with van der Waals surface area (Å²) in [6, 6.07) is 0. The summed E-state index contributed by atoms with van der Waals surface area (Å²) in [4.78, 5) is 2.50. The van der Waals surface area contributed by atoms with Gasteiger partial charge in [-0.05, 0) is 37.1 Å². The van der Waals surface area contributed by atoms with E-state index in [1.54, 1.807) is 0 Å². The second-order valence-corrected chi connectivity index (χ2v) is 4.80. The van der Waals surface area contributed by atoms with E-state index in [0.29, 0.717) is 0 Å². The lowest BCUT2D eigenvalue weighted by Gasteiger charge is -2.54. The van der Waals surface area contributed by atoms with E-state index in [1.807, 2.05) is 0 Å². The zero-order valence-corrected chi connectivity index (χ0v) is 7.88. The molecule has 1 unspecified atom stereocenters. The van der Waals surface area contributed by atoms with E-state index < -0.39 is 0 Å². The predicted octanol–water partition coefficient (Wildman–Crippen LogP) is 1.84. The van der Waals surface area contributed by atoms with Gasteiger partial charge in [0, 0.05) is 13.1 Å². The highest BCUT2D eigenvalue weighted by Gasteiger charge is 2.46. The Bertz CT molecular complexity index is 141. The zero-order chi connectivity index (χ0) is 8.01. The minimum absolute atomic E-state index is 0.924. The number of piperidine rings is 2. The molecule has 0 aromatic heterocycles. The van der Waals surface area contributed by atoms with Gasteiger partial charge in [-0.3, -0.25) is 0 Å². The molecule has 3 aliphatic rings. The van der Waals surface area contributed by atoms with Crippen LogP contribution in [0, 0.1) is 23.7 Å². The van der Waals surface area contributed by atoms with Crippen molar-refractivity contribution in [2.75, 3.05) is 20.1 Å². The molecule has 3 fully saturated rings. The highest BCUT2D eigenvalue weighted by molar-refractivity contribution is 4.97. The van der Waals surface area contributed by atoms with Gasteiger partial charge in [0.2, 0.25) is 0 Å². The van der Waals surface area contributed by atoms with Crippen LogP contribution in [0.4, 0.5) is 0 Å². The topological polar surface area (TPSA) is 3.24 Å². The first-order chi connectivity index (χ1) is 5.18. The number of hydrogen-bond acceptors (Lipinski definition) is 1. The van der Waals surface area contributed by atoms with Gasteiger partial charge in [-0.25, -0.2) is 0 Å². The van der Waals surface area contributed by atoms with Gasteiger partial charge in [-0.1, -0.05) is 13.8 Å². The molecule has 2 aliphatic heterocycles. The third-order valence-electron chi connectivity index (χ3n) is 3.56. The highest BCUT2D eigenvalue weighted by atomic mass is 15.1. The molecule has 1 aliphatic carbocycles. The minimum atomic E-state index is 0.924. The first kappa shape index (κ1) is 7.60. The van der Waals surface area contributed by atoms with Crippen LogP contribution in [0.15, 0.2) is 0 Å². The molecule has 0 aromatic rings. The van der Waals surface area contributed by atoms with Crippen LogP contribution in [0.25, 0.3) is 0 Å². The Hall–Kier alpha value is -0.0400. The van der Waals surface area contributed by atoms with Crippen molar-refractivity contribution in [3.63, 3.8) is 0 Å². The van der Waals surface area contributed by atoms with Crippen molar-refractivity contribution >= 4 is 0 Å². The van der Waals surface area contributed by atoms with E-state index >= 15 is 0 Å². The van der Waals surface area contributed by atoms with E-state index in [-0.39, 0.29) is 0 Å². The predicted molar refractivity (Wildman–Crippen MR) is 47.4 cm³/mol. The Kier molecular flexibility index (Phi) is 1.71. The molecule has 2 saturated heterocycles.